The number of carboxylic acids is 1. The highest BCUT2D eigenvalue weighted by Gasteiger charge is 2.16. The van der Waals surface area contributed by atoms with Gasteiger partial charge in [0.15, 0.2) is 5.16 Å². The molecule has 0 saturated heterocycles. The quantitative estimate of drug-likeness (QED) is 0.871. The summed E-state index contributed by atoms with van der Waals surface area (Å²) >= 11 is 7.15. The number of carbonyl (C=O) groups is 1. The number of benzene rings is 1. The van der Waals surface area contributed by atoms with Gasteiger partial charge in [-0.25, -0.2) is 14.8 Å². The smallest absolute Gasteiger partial charge is 0.338 e. The van der Waals surface area contributed by atoms with Crippen LogP contribution in [-0.2, 0) is 0 Å². The van der Waals surface area contributed by atoms with Crippen LogP contribution in [0.4, 0.5) is 0 Å². The van der Waals surface area contributed by atoms with E-state index in [-0.39, 0.29) is 10.6 Å². The molecule has 0 spiro atoms. The Morgan fingerprint density at radius 2 is 1.80 bits per heavy atom. The van der Waals surface area contributed by atoms with Crippen molar-refractivity contribution >= 4 is 29.3 Å². The summed E-state index contributed by atoms with van der Waals surface area (Å²) in [7, 11) is 0. The molecule has 0 radical (unpaired) electrons. The van der Waals surface area contributed by atoms with Crippen molar-refractivity contribution in [2.45, 2.75) is 30.8 Å². The Hall–Kier alpha value is -1.59. The molecule has 0 atom stereocenters. The van der Waals surface area contributed by atoms with Gasteiger partial charge in [-0.05, 0) is 50.2 Å². The van der Waals surface area contributed by atoms with Crippen molar-refractivity contribution in [2.75, 3.05) is 0 Å². The number of aromatic nitrogens is 2. The van der Waals surface area contributed by atoms with Crippen LogP contribution < -0.4 is 0 Å². The zero-order valence-electron chi connectivity index (χ0n) is 11.3. The van der Waals surface area contributed by atoms with E-state index in [1.807, 2.05) is 20.8 Å². The van der Waals surface area contributed by atoms with Gasteiger partial charge in [0.2, 0.25) is 0 Å². The highest BCUT2D eigenvalue weighted by Crippen LogP contribution is 2.32. The van der Waals surface area contributed by atoms with Crippen molar-refractivity contribution < 1.29 is 9.90 Å². The first-order chi connectivity index (χ1) is 9.40. The largest absolute Gasteiger partial charge is 0.478 e. The summed E-state index contributed by atoms with van der Waals surface area (Å²) in [5.74, 6) is -1.06. The summed E-state index contributed by atoms with van der Waals surface area (Å²) in [4.78, 5) is 20.6. The summed E-state index contributed by atoms with van der Waals surface area (Å²) in [6, 6.07) is 4.97. The van der Waals surface area contributed by atoms with Gasteiger partial charge in [-0.15, -0.1) is 0 Å². The van der Waals surface area contributed by atoms with E-state index in [2.05, 4.69) is 9.97 Å². The van der Waals surface area contributed by atoms with Gasteiger partial charge in [-0.1, -0.05) is 17.7 Å². The van der Waals surface area contributed by atoms with Crippen LogP contribution in [0.1, 0.15) is 27.3 Å². The van der Waals surface area contributed by atoms with Crippen LogP contribution in [0.15, 0.2) is 28.3 Å². The van der Waals surface area contributed by atoms with E-state index in [0.29, 0.717) is 10.1 Å². The van der Waals surface area contributed by atoms with Crippen LogP contribution in [0, 0.1) is 20.8 Å². The Bertz CT molecular complexity index is 666. The molecule has 0 amide bonds. The molecule has 0 fully saturated rings. The highest BCUT2D eigenvalue weighted by atomic mass is 35.5. The highest BCUT2D eigenvalue weighted by molar-refractivity contribution is 7.99. The average molecular weight is 309 g/mol. The first kappa shape index (κ1) is 14.8. The van der Waals surface area contributed by atoms with Crippen LogP contribution in [0.3, 0.4) is 0 Å². The maximum Gasteiger partial charge on any atom is 0.338 e. The Labute approximate surface area is 126 Å². The van der Waals surface area contributed by atoms with Crippen molar-refractivity contribution in [1.82, 2.24) is 9.97 Å². The van der Waals surface area contributed by atoms with Gasteiger partial charge in [0.05, 0.1) is 10.6 Å². The Morgan fingerprint density at radius 1 is 1.20 bits per heavy atom. The fraction of sp³-hybridized carbons (Fsp3) is 0.214. The lowest BCUT2D eigenvalue weighted by atomic mass is 10.2. The molecule has 20 heavy (non-hydrogen) atoms. The number of carboxylic acid groups (broad SMARTS) is 1. The van der Waals surface area contributed by atoms with Gasteiger partial charge in [0.1, 0.15) is 0 Å². The van der Waals surface area contributed by atoms with Crippen LogP contribution in [-0.4, -0.2) is 21.0 Å². The molecule has 0 unspecified atom stereocenters. The maximum atomic E-state index is 11.3. The lowest BCUT2D eigenvalue weighted by Gasteiger charge is -2.09. The maximum absolute atomic E-state index is 11.3. The Kier molecular flexibility index (Phi) is 4.30. The van der Waals surface area contributed by atoms with Crippen molar-refractivity contribution in [3.63, 3.8) is 0 Å². The van der Waals surface area contributed by atoms with E-state index in [1.54, 1.807) is 18.2 Å². The molecular weight excluding hydrogens is 296 g/mol. The molecule has 0 aliphatic heterocycles. The van der Waals surface area contributed by atoms with Crippen LogP contribution in [0.5, 0.6) is 0 Å². The SMILES string of the molecule is Cc1nc(Sc2cccc(Cl)c2C(=O)O)nc(C)c1C. The van der Waals surface area contributed by atoms with Gasteiger partial charge in [-0.2, -0.15) is 0 Å². The molecule has 0 bridgehead atoms. The van der Waals surface area contributed by atoms with Crippen molar-refractivity contribution in [3.8, 4) is 0 Å². The van der Waals surface area contributed by atoms with E-state index in [9.17, 15) is 9.90 Å². The molecule has 0 saturated carbocycles. The molecule has 4 nitrogen and oxygen atoms in total. The zero-order chi connectivity index (χ0) is 14.9. The summed E-state index contributed by atoms with van der Waals surface area (Å²) in [5, 5.41) is 9.97. The minimum Gasteiger partial charge on any atom is -0.478 e. The van der Waals surface area contributed by atoms with Crippen molar-refractivity contribution in [3.05, 3.63) is 45.7 Å². The number of nitrogens with zero attached hydrogens (tertiary/aromatic N) is 2. The Balaban J connectivity index is 2.45. The molecule has 1 heterocycles. The van der Waals surface area contributed by atoms with Gasteiger partial charge in [0.25, 0.3) is 0 Å². The monoisotopic (exact) mass is 308 g/mol. The fourth-order valence-corrected chi connectivity index (χ4v) is 3.00. The number of aromatic carboxylic acids is 1. The van der Waals surface area contributed by atoms with Crippen LogP contribution in [0.2, 0.25) is 5.02 Å². The second-order valence-electron chi connectivity index (χ2n) is 4.32. The molecule has 0 aliphatic rings. The summed E-state index contributed by atoms with van der Waals surface area (Å²) in [5.41, 5.74) is 2.90. The van der Waals surface area contributed by atoms with Crippen LogP contribution in [0.25, 0.3) is 0 Å². The summed E-state index contributed by atoms with van der Waals surface area (Å²) in [6.07, 6.45) is 0. The van der Waals surface area contributed by atoms with E-state index in [4.69, 9.17) is 11.6 Å². The summed E-state index contributed by atoms with van der Waals surface area (Å²) in [6.45, 7) is 5.77. The molecule has 2 aromatic rings. The minimum absolute atomic E-state index is 0.0821. The van der Waals surface area contributed by atoms with E-state index in [1.165, 1.54) is 11.8 Å². The second-order valence-corrected chi connectivity index (χ2v) is 5.74. The molecular formula is C14H13ClN2O2S. The molecule has 1 N–H and O–H groups in total. The third-order valence-electron chi connectivity index (χ3n) is 3.00. The van der Waals surface area contributed by atoms with Gasteiger partial charge in [0, 0.05) is 16.3 Å². The number of aryl methyl sites for hydroxylation is 2. The van der Waals surface area contributed by atoms with E-state index in [0.717, 1.165) is 17.0 Å². The van der Waals surface area contributed by atoms with Gasteiger partial charge >= 0.3 is 5.97 Å². The fourth-order valence-electron chi connectivity index (χ4n) is 1.68. The molecule has 2 rings (SSSR count). The van der Waals surface area contributed by atoms with E-state index >= 15 is 0 Å². The average Bonchev–Trinajstić information content (AvgIpc) is 2.35. The zero-order valence-corrected chi connectivity index (χ0v) is 12.8. The number of rotatable bonds is 3. The lowest BCUT2D eigenvalue weighted by molar-refractivity contribution is 0.0693. The minimum atomic E-state index is -1.06. The molecule has 0 aliphatic carbocycles. The number of hydrogen-bond acceptors (Lipinski definition) is 4. The molecule has 6 heteroatoms. The third kappa shape index (κ3) is 2.94. The first-order valence-corrected chi connectivity index (χ1v) is 7.11. The number of hydrogen-bond donors (Lipinski definition) is 1. The molecule has 1 aromatic carbocycles. The first-order valence-electron chi connectivity index (χ1n) is 5.91. The topological polar surface area (TPSA) is 63.1 Å². The summed E-state index contributed by atoms with van der Waals surface area (Å²) < 4.78 is 0. The predicted octanol–water partition coefficient (Wildman–Crippen LogP) is 3.90. The van der Waals surface area contributed by atoms with E-state index < -0.39 is 5.97 Å². The normalized spacial score (nSPS) is 10.6. The van der Waals surface area contributed by atoms with Crippen molar-refractivity contribution in [1.29, 1.82) is 0 Å². The predicted molar refractivity (Wildman–Crippen MR) is 78.8 cm³/mol. The molecule has 104 valence electrons. The van der Waals surface area contributed by atoms with Crippen LogP contribution >= 0.6 is 23.4 Å². The van der Waals surface area contributed by atoms with Gasteiger partial charge in [-0.3, -0.25) is 0 Å². The Morgan fingerprint density at radius 3 is 2.35 bits per heavy atom. The second kappa shape index (κ2) is 5.81. The molecule has 1 aromatic heterocycles. The van der Waals surface area contributed by atoms with Crippen molar-refractivity contribution in [2.24, 2.45) is 0 Å². The number of halogens is 1. The third-order valence-corrected chi connectivity index (χ3v) is 4.24. The standard InChI is InChI=1S/C14H13ClN2O2S/c1-7-8(2)16-14(17-9(7)3)20-11-6-4-5-10(15)12(11)13(18)19/h4-6H,1-3H3,(H,18,19). The van der Waals surface area contributed by atoms with Gasteiger partial charge < -0.3 is 5.11 Å². The lowest BCUT2D eigenvalue weighted by Crippen LogP contribution is -2.02.